The summed E-state index contributed by atoms with van der Waals surface area (Å²) >= 11 is 5.82. The van der Waals surface area contributed by atoms with Crippen LogP contribution in [0.4, 0.5) is 0 Å². The van der Waals surface area contributed by atoms with E-state index < -0.39 is 0 Å². The smallest absolute Gasteiger partial charge is 0.0911 e. The Kier molecular flexibility index (Phi) is 4.18. The number of nitrogens with two attached hydrogens (primary N) is 1. The third-order valence-corrected chi connectivity index (χ3v) is 3.86. The zero-order valence-corrected chi connectivity index (χ0v) is 12.9. The minimum atomic E-state index is -0.111. The van der Waals surface area contributed by atoms with Crippen molar-refractivity contribution in [2.45, 2.75) is 6.04 Å². The van der Waals surface area contributed by atoms with E-state index >= 15 is 0 Å². The van der Waals surface area contributed by atoms with Crippen molar-refractivity contribution in [2.24, 2.45) is 12.9 Å². The van der Waals surface area contributed by atoms with Crippen LogP contribution in [0.25, 0.3) is 0 Å². The molecule has 1 aromatic carbocycles. The Balaban J connectivity index is 2.45. The van der Waals surface area contributed by atoms with Crippen molar-refractivity contribution in [3.05, 3.63) is 49.8 Å². The van der Waals surface area contributed by atoms with Crippen molar-refractivity contribution in [3.8, 4) is 0 Å². The molecule has 0 aliphatic rings. The number of hydrogen-bond donors (Lipinski definition) is 2. The molecule has 1 heterocycles. The molecule has 2 rings (SSSR count). The van der Waals surface area contributed by atoms with Crippen LogP contribution < -0.4 is 11.3 Å². The molecule has 0 amide bonds. The lowest BCUT2D eigenvalue weighted by molar-refractivity contribution is 0.601. The number of nitrogens with zero attached hydrogens (tertiary/aromatic N) is 2. The summed E-state index contributed by atoms with van der Waals surface area (Å²) in [4.78, 5) is 0. The molecule has 0 bridgehead atoms. The molecule has 0 saturated carbocycles. The third-order valence-electron chi connectivity index (χ3n) is 2.47. The molecule has 3 N–H and O–H groups in total. The summed E-state index contributed by atoms with van der Waals surface area (Å²) in [5, 5.41) is 4.38. The highest BCUT2D eigenvalue weighted by molar-refractivity contribution is 14.1. The zero-order chi connectivity index (χ0) is 12.4. The first-order chi connectivity index (χ1) is 8.11. The number of benzene rings is 1. The van der Waals surface area contributed by atoms with Gasteiger partial charge in [-0.05, 0) is 52.4 Å². The van der Waals surface area contributed by atoms with E-state index in [0.717, 1.165) is 19.3 Å². The second-order valence-electron chi connectivity index (χ2n) is 3.68. The van der Waals surface area contributed by atoms with Gasteiger partial charge in [-0.25, -0.2) is 5.43 Å². The molecular weight excluding hydrogens is 395 g/mol. The van der Waals surface area contributed by atoms with E-state index in [1.54, 1.807) is 4.68 Å². The maximum atomic E-state index is 5.64. The molecule has 2 aromatic rings. The summed E-state index contributed by atoms with van der Waals surface area (Å²) in [5.74, 6) is 5.64. The highest BCUT2D eigenvalue weighted by atomic mass is 127. The molecule has 90 valence electrons. The maximum absolute atomic E-state index is 5.64. The van der Waals surface area contributed by atoms with Crippen LogP contribution in [0.2, 0.25) is 0 Å². The maximum Gasteiger partial charge on any atom is 0.0911 e. The van der Waals surface area contributed by atoms with E-state index in [1.165, 1.54) is 0 Å². The van der Waals surface area contributed by atoms with Gasteiger partial charge in [-0.15, -0.1) is 0 Å². The first kappa shape index (κ1) is 13.0. The molecule has 1 atom stereocenters. The van der Waals surface area contributed by atoms with Gasteiger partial charge in [-0.2, -0.15) is 5.10 Å². The first-order valence-electron chi connectivity index (χ1n) is 5.02. The summed E-state index contributed by atoms with van der Waals surface area (Å²) < 4.78 is 3.95. The second kappa shape index (κ2) is 5.47. The minimum Gasteiger partial charge on any atom is -0.275 e. The monoisotopic (exact) mass is 406 g/mol. The summed E-state index contributed by atoms with van der Waals surface area (Å²) in [6, 6.07) is 7.99. The summed E-state index contributed by atoms with van der Waals surface area (Å²) in [6.45, 7) is 0. The average Bonchev–Trinajstić information content (AvgIpc) is 2.71. The highest BCUT2D eigenvalue weighted by Gasteiger charge is 2.17. The Bertz CT molecular complexity index is 526. The zero-order valence-electron chi connectivity index (χ0n) is 9.19. The van der Waals surface area contributed by atoms with Crippen molar-refractivity contribution in [3.63, 3.8) is 0 Å². The van der Waals surface area contributed by atoms with E-state index in [-0.39, 0.29) is 6.04 Å². The van der Waals surface area contributed by atoms with Gasteiger partial charge in [0.1, 0.15) is 0 Å². The van der Waals surface area contributed by atoms with Crippen LogP contribution in [0.15, 0.2) is 34.9 Å². The molecule has 0 aliphatic heterocycles. The number of hydrogen-bond acceptors (Lipinski definition) is 3. The lowest BCUT2D eigenvalue weighted by Gasteiger charge is -2.16. The van der Waals surface area contributed by atoms with E-state index in [1.807, 2.05) is 31.4 Å². The number of nitrogens with one attached hydrogen (secondary N) is 1. The molecule has 0 radical (unpaired) electrons. The Labute approximate surface area is 122 Å². The number of rotatable bonds is 3. The number of aromatic nitrogens is 2. The van der Waals surface area contributed by atoms with Gasteiger partial charge >= 0.3 is 0 Å². The van der Waals surface area contributed by atoms with E-state index in [2.05, 4.69) is 55.1 Å². The molecule has 1 unspecified atom stereocenters. The SMILES string of the molecule is Cn1ccc(C(NN)c2cc(I)ccc2Br)n1. The number of halogens is 2. The van der Waals surface area contributed by atoms with Crippen LogP contribution in [0.3, 0.4) is 0 Å². The molecule has 0 fully saturated rings. The van der Waals surface area contributed by atoms with Crippen LogP contribution in [0, 0.1) is 3.57 Å². The summed E-state index contributed by atoms with van der Waals surface area (Å²) in [6.07, 6.45) is 1.90. The molecule has 1 aromatic heterocycles. The van der Waals surface area contributed by atoms with Crippen molar-refractivity contribution in [1.82, 2.24) is 15.2 Å². The predicted molar refractivity (Wildman–Crippen MR) is 79.2 cm³/mol. The van der Waals surface area contributed by atoms with Crippen molar-refractivity contribution >= 4 is 38.5 Å². The van der Waals surface area contributed by atoms with Crippen LogP contribution >= 0.6 is 38.5 Å². The Morgan fingerprint density at radius 3 is 2.82 bits per heavy atom. The second-order valence-corrected chi connectivity index (χ2v) is 5.78. The number of hydrazine groups is 1. The Morgan fingerprint density at radius 2 is 2.24 bits per heavy atom. The highest BCUT2D eigenvalue weighted by Crippen LogP contribution is 2.28. The fourth-order valence-electron chi connectivity index (χ4n) is 1.66. The molecule has 4 nitrogen and oxygen atoms in total. The minimum absolute atomic E-state index is 0.111. The number of aryl methyl sites for hydroxylation is 1. The largest absolute Gasteiger partial charge is 0.275 e. The van der Waals surface area contributed by atoms with E-state index in [4.69, 9.17) is 5.84 Å². The molecule has 6 heteroatoms. The van der Waals surface area contributed by atoms with Crippen LogP contribution in [-0.2, 0) is 7.05 Å². The molecule has 0 aliphatic carbocycles. The van der Waals surface area contributed by atoms with Gasteiger partial charge in [-0.3, -0.25) is 10.5 Å². The summed E-state index contributed by atoms with van der Waals surface area (Å²) in [7, 11) is 1.89. The van der Waals surface area contributed by atoms with Crippen molar-refractivity contribution in [1.29, 1.82) is 0 Å². The summed E-state index contributed by atoms with van der Waals surface area (Å²) in [5.41, 5.74) is 4.79. The standard InChI is InChI=1S/C11H12BrIN4/c1-17-5-4-10(16-17)11(15-14)8-6-7(13)2-3-9(8)12/h2-6,11,15H,14H2,1H3. The average molecular weight is 407 g/mol. The van der Waals surface area contributed by atoms with Gasteiger partial charge in [-0.1, -0.05) is 15.9 Å². The van der Waals surface area contributed by atoms with Gasteiger partial charge in [0, 0.05) is 21.3 Å². The fourth-order valence-corrected chi connectivity index (χ4v) is 2.65. The Hall–Kier alpha value is -0.440. The molecule has 17 heavy (non-hydrogen) atoms. The van der Waals surface area contributed by atoms with Crippen LogP contribution in [0.5, 0.6) is 0 Å². The molecule has 0 saturated heterocycles. The molecule has 0 spiro atoms. The van der Waals surface area contributed by atoms with Gasteiger partial charge < -0.3 is 0 Å². The van der Waals surface area contributed by atoms with E-state index in [9.17, 15) is 0 Å². The molecular formula is C11H12BrIN4. The van der Waals surface area contributed by atoms with E-state index in [0.29, 0.717) is 0 Å². The van der Waals surface area contributed by atoms with Gasteiger partial charge in [0.05, 0.1) is 11.7 Å². The van der Waals surface area contributed by atoms with Gasteiger partial charge in [0.25, 0.3) is 0 Å². The Morgan fingerprint density at radius 1 is 1.47 bits per heavy atom. The van der Waals surface area contributed by atoms with Gasteiger partial charge in [0.15, 0.2) is 0 Å². The normalized spacial score (nSPS) is 12.7. The lowest BCUT2D eigenvalue weighted by atomic mass is 10.1. The third kappa shape index (κ3) is 2.87. The van der Waals surface area contributed by atoms with Crippen LogP contribution in [-0.4, -0.2) is 9.78 Å². The first-order valence-corrected chi connectivity index (χ1v) is 6.89. The lowest BCUT2D eigenvalue weighted by Crippen LogP contribution is -2.29. The topological polar surface area (TPSA) is 55.9 Å². The quantitative estimate of drug-likeness (QED) is 0.467. The fraction of sp³-hybridized carbons (Fsp3) is 0.182. The van der Waals surface area contributed by atoms with Gasteiger partial charge in [0.2, 0.25) is 0 Å². The predicted octanol–water partition coefficient (Wildman–Crippen LogP) is 2.34. The van der Waals surface area contributed by atoms with Crippen molar-refractivity contribution < 1.29 is 0 Å². The van der Waals surface area contributed by atoms with Crippen LogP contribution in [0.1, 0.15) is 17.3 Å². The van der Waals surface area contributed by atoms with Crippen molar-refractivity contribution in [2.75, 3.05) is 0 Å².